The normalized spacial score (nSPS) is 37.6. The predicted octanol–water partition coefficient (Wildman–Crippen LogP) is 1.71. The van der Waals surface area contributed by atoms with Crippen LogP contribution < -0.4 is 0 Å². The van der Waals surface area contributed by atoms with E-state index < -0.39 is 0 Å². The zero-order chi connectivity index (χ0) is 11.5. The molecule has 0 aromatic carbocycles. The van der Waals surface area contributed by atoms with Crippen molar-refractivity contribution in [1.29, 1.82) is 0 Å². The summed E-state index contributed by atoms with van der Waals surface area (Å²) in [6.45, 7) is 7.92. The lowest BCUT2D eigenvalue weighted by Gasteiger charge is -2.38. The first-order chi connectivity index (χ1) is 7.66. The van der Waals surface area contributed by atoms with Crippen molar-refractivity contribution < 1.29 is 9.53 Å². The number of nitrogens with zero attached hydrogens (tertiary/aromatic N) is 1. The molecule has 2 aliphatic rings. The molecule has 2 rings (SSSR count). The summed E-state index contributed by atoms with van der Waals surface area (Å²) in [6, 6.07) is 0.624. The van der Waals surface area contributed by atoms with E-state index in [-0.39, 0.29) is 5.92 Å². The van der Waals surface area contributed by atoms with Crippen molar-refractivity contribution in [3.05, 3.63) is 0 Å². The minimum Gasteiger partial charge on any atom is -0.380 e. The number of piperidine rings is 1. The van der Waals surface area contributed by atoms with Crippen LogP contribution in [0.2, 0.25) is 0 Å². The Hall–Kier alpha value is -0.410. The largest absolute Gasteiger partial charge is 0.380 e. The third kappa shape index (κ3) is 2.83. The SMILES string of the molecule is CC1CCN(CC2COCCC2=O)C(C)C1. The average molecular weight is 225 g/mol. The van der Waals surface area contributed by atoms with Gasteiger partial charge in [-0.2, -0.15) is 0 Å². The Balaban J connectivity index is 1.86. The number of hydrogen-bond donors (Lipinski definition) is 0. The highest BCUT2D eigenvalue weighted by molar-refractivity contribution is 5.82. The zero-order valence-corrected chi connectivity index (χ0v) is 10.4. The molecule has 0 radical (unpaired) electrons. The van der Waals surface area contributed by atoms with Gasteiger partial charge in [-0.25, -0.2) is 0 Å². The van der Waals surface area contributed by atoms with E-state index in [1.165, 1.54) is 12.8 Å². The van der Waals surface area contributed by atoms with Gasteiger partial charge in [0.1, 0.15) is 5.78 Å². The molecule has 0 saturated carbocycles. The summed E-state index contributed by atoms with van der Waals surface area (Å²) >= 11 is 0. The van der Waals surface area contributed by atoms with Crippen molar-refractivity contribution in [3.63, 3.8) is 0 Å². The van der Waals surface area contributed by atoms with Crippen molar-refractivity contribution in [3.8, 4) is 0 Å². The summed E-state index contributed by atoms with van der Waals surface area (Å²) in [6.07, 6.45) is 3.15. The second kappa shape index (κ2) is 5.28. The van der Waals surface area contributed by atoms with Crippen molar-refractivity contribution >= 4 is 5.78 Å². The summed E-state index contributed by atoms with van der Waals surface area (Å²) in [4.78, 5) is 14.2. The quantitative estimate of drug-likeness (QED) is 0.716. The molecule has 0 amide bonds. The van der Waals surface area contributed by atoms with Gasteiger partial charge in [0.05, 0.1) is 19.1 Å². The summed E-state index contributed by atoms with van der Waals surface area (Å²) in [7, 11) is 0. The second-order valence-corrected chi connectivity index (χ2v) is 5.46. The molecule has 0 bridgehead atoms. The van der Waals surface area contributed by atoms with Crippen LogP contribution in [0.3, 0.4) is 0 Å². The lowest BCUT2D eigenvalue weighted by atomic mass is 9.91. The minimum atomic E-state index is 0.129. The third-order valence-corrected chi connectivity index (χ3v) is 4.00. The third-order valence-electron chi connectivity index (χ3n) is 4.00. The molecule has 2 fully saturated rings. The van der Waals surface area contributed by atoms with Gasteiger partial charge >= 0.3 is 0 Å². The number of hydrogen-bond acceptors (Lipinski definition) is 3. The topological polar surface area (TPSA) is 29.5 Å². The van der Waals surface area contributed by atoms with Gasteiger partial charge in [0, 0.05) is 19.0 Å². The first-order valence-corrected chi connectivity index (χ1v) is 6.51. The predicted molar refractivity (Wildman–Crippen MR) is 63.4 cm³/mol. The second-order valence-electron chi connectivity index (χ2n) is 5.46. The van der Waals surface area contributed by atoms with Gasteiger partial charge in [0.15, 0.2) is 0 Å². The zero-order valence-electron chi connectivity index (χ0n) is 10.4. The first-order valence-electron chi connectivity index (χ1n) is 6.51. The molecule has 3 heteroatoms. The highest BCUT2D eigenvalue weighted by Gasteiger charge is 2.29. The molecule has 0 aromatic heterocycles. The Morgan fingerprint density at radius 2 is 2.25 bits per heavy atom. The summed E-state index contributed by atoms with van der Waals surface area (Å²) in [5, 5.41) is 0. The maximum atomic E-state index is 11.7. The molecule has 3 atom stereocenters. The van der Waals surface area contributed by atoms with Crippen LogP contribution in [-0.4, -0.2) is 43.0 Å². The number of likely N-dealkylation sites (tertiary alicyclic amines) is 1. The number of Topliss-reactive ketones (excluding diaryl/α,β-unsaturated/α-hetero) is 1. The van der Waals surface area contributed by atoms with Gasteiger partial charge < -0.3 is 4.74 Å². The van der Waals surface area contributed by atoms with Crippen LogP contribution in [0.5, 0.6) is 0 Å². The molecular formula is C13H23NO2. The fourth-order valence-corrected chi connectivity index (χ4v) is 2.86. The van der Waals surface area contributed by atoms with E-state index in [0.717, 1.165) is 19.0 Å². The van der Waals surface area contributed by atoms with Crippen molar-refractivity contribution in [2.24, 2.45) is 11.8 Å². The smallest absolute Gasteiger partial charge is 0.141 e. The van der Waals surface area contributed by atoms with Crippen LogP contribution in [0.4, 0.5) is 0 Å². The monoisotopic (exact) mass is 225 g/mol. The molecule has 3 unspecified atom stereocenters. The Morgan fingerprint density at radius 3 is 2.94 bits per heavy atom. The van der Waals surface area contributed by atoms with Crippen LogP contribution >= 0.6 is 0 Å². The van der Waals surface area contributed by atoms with Crippen LogP contribution in [-0.2, 0) is 9.53 Å². The number of rotatable bonds is 2. The summed E-state index contributed by atoms with van der Waals surface area (Å²) in [5.41, 5.74) is 0. The van der Waals surface area contributed by atoms with Gasteiger partial charge in [-0.05, 0) is 32.2 Å². The molecule has 2 heterocycles. The van der Waals surface area contributed by atoms with Gasteiger partial charge in [0.25, 0.3) is 0 Å². The van der Waals surface area contributed by atoms with Gasteiger partial charge in [0.2, 0.25) is 0 Å². The Labute approximate surface area is 98.1 Å². The van der Waals surface area contributed by atoms with E-state index >= 15 is 0 Å². The molecule has 0 spiro atoms. The molecule has 3 nitrogen and oxygen atoms in total. The summed E-state index contributed by atoms with van der Waals surface area (Å²) < 4.78 is 5.40. The highest BCUT2D eigenvalue weighted by atomic mass is 16.5. The molecule has 2 aliphatic heterocycles. The van der Waals surface area contributed by atoms with Crippen molar-refractivity contribution in [2.45, 2.75) is 39.2 Å². The van der Waals surface area contributed by atoms with Gasteiger partial charge in [-0.15, -0.1) is 0 Å². The van der Waals surface area contributed by atoms with E-state index in [0.29, 0.717) is 31.5 Å². The Morgan fingerprint density at radius 1 is 1.44 bits per heavy atom. The van der Waals surface area contributed by atoms with E-state index in [2.05, 4.69) is 18.7 Å². The van der Waals surface area contributed by atoms with E-state index in [9.17, 15) is 4.79 Å². The van der Waals surface area contributed by atoms with Crippen LogP contribution in [0.15, 0.2) is 0 Å². The number of carbonyl (C=O) groups is 1. The molecule has 92 valence electrons. The first kappa shape index (κ1) is 12.1. The van der Waals surface area contributed by atoms with Gasteiger partial charge in [-0.1, -0.05) is 6.92 Å². The van der Waals surface area contributed by atoms with Crippen molar-refractivity contribution in [2.75, 3.05) is 26.3 Å². The van der Waals surface area contributed by atoms with Gasteiger partial charge in [-0.3, -0.25) is 9.69 Å². The Bertz CT molecular complexity index is 254. The van der Waals surface area contributed by atoms with E-state index in [1.807, 2.05) is 0 Å². The molecular weight excluding hydrogens is 202 g/mol. The van der Waals surface area contributed by atoms with Crippen LogP contribution in [0, 0.1) is 11.8 Å². The number of ether oxygens (including phenoxy) is 1. The lowest BCUT2D eigenvalue weighted by Crippen LogP contribution is -2.46. The molecule has 2 saturated heterocycles. The minimum absolute atomic E-state index is 0.129. The van der Waals surface area contributed by atoms with E-state index in [4.69, 9.17) is 4.74 Å². The Kier molecular flexibility index (Phi) is 3.98. The molecule has 16 heavy (non-hydrogen) atoms. The molecule has 0 aromatic rings. The van der Waals surface area contributed by atoms with Crippen LogP contribution in [0.1, 0.15) is 33.1 Å². The maximum absolute atomic E-state index is 11.7. The molecule has 0 N–H and O–H groups in total. The van der Waals surface area contributed by atoms with Crippen LogP contribution in [0.25, 0.3) is 0 Å². The number of carbonyl (C=O) groups excluding carboxylic acids is 1. The number of ketones is 1. The lowest BCUT2D eigenvalue weighted by molar-refractivity contribution is -0.131. The van der Waals surface area contributed by atoms with Crippen molar-refractivity contribution in [1.82, 2.24) is 4.90 Å². The average Bonchev–Trinajstić information content (AvgIpc) is 2.25. The summed E-state index contributed by atoms with van der Waals surface area (Å²) in [5.74, 6) is 1.37. The fourth-order valence-electron chi connectivity index (χ4n) is 2.86. The maximum Gasteiger partial charge on any atom is 0.141 e. The standard InChI is InChI=1S/C13H23NO2/c1-10-3-5-14(11(2)7-10)8-12-9-16-6-4-13(12)15/h10-12H,3-9H2,1-2H3. The fraction of sp³-hybridized carbons (Fsp3) is 0.923. The highest BCUT2D eigenvalue weighted by Crippen LogP contribution is 2.24. The molecule has 0 aliphatic carbocycles. The van der Waals surface area contributed by atoms with E-state index in [1.54, 1.807) is 0 Å².